The van der Waals surface area contributed by atoms with E-state index < -0.39 is 11.8 Å². The number of carbonyl (C=O) groups excluding carboxylic acids is 1. The van der Waals surface area contributed by atoms with Crippen LogP contribution in [-0.2, 0) is 22.6 Å². The van der Waals surface area contributed by atoms with Crippen LogP contribution in [0.1, 0.15) is 17.7 Å². The molecule has 2 aromatic carbocycles. The molecule has 0 N–H and O–H groups in total. The molecule has 1 aromatic heterocycles. The highest BCUT2D eigenvalue weighted by atomic mass is 35.5. The van der Waals surface area contributed by atoms with Crippen molar-refractivity contribution in [1.29, 1.82) is 0 Å². The second-order valence-corrected chi connectivity index (χ2v) is 5.94. The molecule has 0 saturated carbocycles. The lowest BCUT2D eigenvalue weighted by Crippen LogP contribution is -2.09. The van der Waals surface area contributed by atoms with Crippen molar-refractivity contribution < 1.29 is 18.7 Å². The first-order valence-corrected chi connectivity index (χ1v) is 8.34. The zero-order valence-electron chi connectivity index (χ0n) is 14.0. The van der Waals surface area contributed by atoms with Gasteiger partial charge in [-0.1, -0.05) is 29.8 Å². The summed E-state index contributed by atoms with van der Waals surface area (Å²) in [6.07, 6.45) is 0.361. The highest BCUT2D eigenvalue weighted by Crippen LogP contribution is 2.21. The van der Waals surface area contributed by atoms with Crippen LogP contribution in [0.3, 0.4) is 0 Å². The lowest BCUT2D eigenvalue weighted by molar-refractivity contribution is -0.145. The molecule has 0 fully saturated rings. The van der Waals surface area contributed by atoms with Gasteiger partial charge in [0.15, 0.2) is 0 Å². The van der Waals surface area contributed by atoms with Crippen LogP contribution in [0.25, 0.3) is 11.0 Å². The third-order valence-corrected chi connectivity index (χ3v) is 4.16. The van der Waals surface area contributed by atoms with Gasteiger partial charge in [0.05, 0.1) is 29.6 Å². The third-order valence-electron chi connectivity index (χ3n) is 3.80. The van der Waals surface area contributed by atoms with Crippen molar-refractivity contribution >= 4 is 28.6 Å². The van der Waals surface area contributed by atoms with E-state index in [1.165, 1.54) is 19.2 Å². The van der Waals surface area contributed by atoms with Crippen molar-refractivity contribution in [3.05, 3.63) is 64.6 Å². The fourth-order valence-electron chi connectivity index (χ4n) is 2.46. The number of halogens is 2. The van der Waals surface area contributed by atoms with E-state index in [1.54, 1.807) is 6.07 Å². The molecule has 7 heteroatoms. The second-order valence-electron chi connectivity index (χ2n) is 5.53. The van der Waals surface area contributed by atoms with E-state index in [9.17, 15) is 9.18 Å². The number of benzene rings is 2. The summed E-state index contributed by atoms with van der Waals surface area (Å²) in [5, 5.41) is 0.222. The Morgan fingerprint density at radius 1 is 1.12 bits per heavy atom. The summed E-state index contributed by atoms with van der Waals surface area (Å²) in [5.41, 5.74) is 2.15. The molecule has 0 saturated heterocycles. The molecule has 0 spiro atoms. The summed E-state index contributed by atoms with van der Waals surface area (Å²) in [6.45, 7) is -0.217. The highest BCUT2D eigenvalue weighted by molar-refractivity contribution is 6.31. The minimum absolute atomic E-state index is 0.0649. The van der Waals surface area contributed by atoms with Gasteiger partial charge in [-0.2, -0.15) is 0 Å². The molecule has 0 bridgehead atoms. The maximum Gasteiger partial charge on any atom is 0.306 e. The zero-order chi connectivity index (χ0) is 18.5. The summed E-state index contributed by atoms with van der Waals surface area (Å²) < 4.78 is 24.1. The number of nitrogens with zero attached hydrogens (tertiary/aromatic N) is 2. The van der Waals surface area contributed by atoms with Gasteiger partial charge in [0.1, 0.15) is 18.1 Å². The van der Waals surface area contributed by atoms with Gasteiger partial charge in [0.25, 0.3) is 0 Å². The van der Waals surface area contributed by atoms with Crippen molar-refractivity contribution in [2.45, 2.75) is 19.4 Å². The molecule has 5 nitrogen and oxygen atoms in total. The van der Waals surface area contributed by atoms with Crippen LogP contribution in [0.15, 0.2) is 42.5 Å². The Hall–Kier alpha value is -2.73. The molecular weight excluding hydrogens is 359 g/mol. The molecule has 134 valence electrons. The number of hydrogen-bond donors (Lipinski definition) is 0. The van der Waals surface area contributed by atoms with Crippen LogP contribution < -0.4 is 4.74 Å². The molecule has 0 atom stereocenters. The van der Waals surface area contributed by atoms with Crippen molar-refractivity contribution in [3.8, 4) is 5.88 Å². The number of aryl methyl sites for hydroxylation is 1. The molecule has 0 unspecified atom stereocenters. The summed E-state index contributed by atoms with van der Waals surface area (Å²) >= 11 is 5.91. The fraction of sp³-hybridized carbons (Fsp3) is 0.211. The Balaban J connectivity index is 1.65. The highest BCUT2D eigenvalue weighted by Gasteiger charge is 2.14. The second kappa shape index (κ2) is 8.10. The zero-order valence-corrected chi connectivity index (χ0v) is 14.8. The number of fused-ring (bicyclic) bond motifs is 1. The smallest absolute Gasteiger partial charge is 0.306 e. The maximum atomic E-state index is 13.7. The third kappa shape index (κ3) is 4.08. The summed E-state index contributed by atoms with van der Waals surface area (Å²) in [7, 11) is 1.50. The van der Waals surface area contributed by atoms with Crippen molar-refractivity contribution in [2.24, 2.45) is 0 Å². The number of methoxy groups -OCH3 is 1. The van der Waals surface area contributed by atoms with Gasteiger partial charge in [-0.05, 0) is 24.3 Å². The molecule has 1 heterocycles. The first kappa shape index (κ1) is 18.1. The van der Waals surface area contributed by atoms with E-state index >= 15 is 0 Å². The van der Waals surface area contributed by atoms with Crippen molar-refractivity contribution in [1.82, 2.24) is 9.97 Å². The molecule has 3 aromatic rings. The molecular formula is C19H16ClFN2O3. The SMILES string of the molecule is COc1nc2ccccc2nc1CCC(=O)OCc1c(F)cccc1Cl. The summed E-state index contributed by atoms with van der Waals surface area (Å²) in [4.78, 5) is 20.9. The van der Waals surface area contributed by atoms with Crippen LogP contribution >= 0.6 is 11.6 Å². The first-order valence-electron chi connectivity index (χ1n) is 7.96. The lowest BCUT2D eigenvalue weighted by atomic mass is 10.2. The minimum Gasteiger partial charge on any atom is -0.480 e. The normalized spacial score (nSPS) is 10.7. The number of esters is 1. The number of ether oxygens (including phenoxy) is 2. The number of carbonyl (C=O) groups is 1. The predicted molar refractivity (Wildman–Crippen MR) is 95.6 cm³/mol. The average Bonchev–Trinajstić information content (AvgIpc) is 2.65. The van der Waals surface area contributed by atoms with Crippen LogP contribution in [0.5, 0.6) is 5.88 Å². The van der Waals surface area contributed by atoms with Gasteiger partial charge in [-0.3, -0.25) is 4.79 Å². The largest absolute Gasteiger partial charge is 0.480 e. The Bertz CT molecular complexity index is 929. The standard InChI is InChI=1S/C19H16ClFN2O3/c1-25-19-17(22-15-7-2-3-8-16(15)23-19)9-10-18(24)26-11-12-13(20)5-4-6-14(12)21/h2-8H,9-11H2,1H3. The average molecular weight is 375 g/mol. The van der Waals surface area contributed by atoms with Crippen LogP contribution in [-0.4, -0.2) is 23.0 Å². The van der Waals surface area contributed by atoms with E-state index in [1.807, 2.05) is 24.3 Å². The lowest BCUT2D eigenvalue weighted by Gasteiger charge is -2.09. The summed E-state index contributed by atoms with van der Waals surface area (Å²) in [5.74, 6) is -0.623. The van der Waals surface area contributed by atoms with Crippen LogP contribution in [0, 0.1) is 5.82 Å². The maximum absolute atomic E-state index is 13.7. The van der Waals surface area contributed by atoms with Gasteiger partial charge < -0.3 is 9.47 Å². The van der Waals surface area contributed by atoms with Gasteiger partial charge >= 0.3 is 5.97 Å². The van der Waals surface area contributed by atoms with Crippen LogP contribution in [0.2, 0.25) is 5.02 Å². The van der Waals surface area contributed by atoms with E-state index in [0.717, 1.165) is 5.52 Å². The van der Waals surface area contributed by atoms with Crippen molar-refractivity contribution in [3.63, 3.8) is 0 Å². The minimum atomic E-state index is -0.507. The number of aromatic nitrogens is 2. The van der Waals surface area contributed by atoms with Gasteiger partial charge in [0.2, 0.25) is 5.88 Å². The van der Waals surface area contributed by atoms with E-state index in [0.29, 0.717) is 23.5 Å². The molecule has 0 aliphatic rings. The number of hydrogen-bond acceptors (Lipinski definition) is 5. The molecule has 0 radical (unpaired) electrons. The first-order chi connectivity index (χ1) is 12.6. The Kier molecular flexibility index (Phi) is 5.63. The molecule has 3 rings (SSSR count). The molecule has 0 aliphatic heterocycles. The van der Waals surface area contributed by atoms with Crippen LogP contribution in [0.4, 0.5) is 4.39 Å². The summed E-state index contributed by atoms with van der Waals surface area (Å²) in [6, 6.07) is 11.7. The molecule has 26 heavy (non-hydrogen) atoms. The quantitative estimate of drug-likeness (QED) is 0.608. The predicted octanol–water partition coefficient (Wildman–Crippen LogP) is 4.11. The molecule has 0 aliphatic carbocycles. The fourth-order valence-corrected chi connectivity index (χ4v) is 2.68. The molecule has 0 amide bonds. The van der Waals surface area contributed by atoms with E-state index in [-0.39, 0.29) is 23.6 Å². The van der Waals surface area contributed by atoms with E-state index in [4.69, 9.17) is 21.1 Å². The number of para-hydroxylation sites is 2. The Morgan fingerprint density at radius 3 is 2.54 bits per heavy atom. The topological polar surface area (TPSA) is 61.3 Å². The Morgan fingerprint density at radius 2 is 1.85 bits per heavy atom. The van der Waals surface area contributed by atoms with Gasteiger partial charge in [-0.25, -0.2) is 14.4 Å². The van der Waals surface area contributed by atoms with E-state index in [2.05, 4.69) is 9.97 Å². The van der Waals surface area contributed by atoms with Gasteiger partial charge in [-0.15, -0.1) is 0 Å². The van der Waals surface area contributed by atoms with Crippen molar-refractivity contribution in [2.75, 3.05) is 7.11 Å². The number of rotatable bonds is 6. The monoisotopic (exact) mass is 374 g/mol. The Labute approximate surface area is 154 Å². The van der Waals surface area contributed by atoms with Gasteiger partial charge in [0, 0.05) is 12.0 Å².